The Hall–Kier alpha value is -1.78. The molecule has 22 heavy (non-hydrogen) atoms. The van der Waals surface area contributed by atoms with Crippen molar-refractivity contribution < 1.29 is 18.7 Å². The zero-order chi connectivity index (χ0) is 16.3. The average Bonchev–Trinajstić information content (AvgIpc) is 2.41. The van der Waals surface area contributed by atoms with Gasteiger partial charge < -0.3 is 15.2 Å². The van der Waals surface area contributed by atoms with Gasteiger partial charge in [0.1, 0.15) is 5.60 Å². The van der Waals surface area contributed by atoms with Crippen molar-refractivity contribution in [2.45, 2.75) is 64.6 Å². The number of esters is 1. The average molecular weight is 309 g/mol. The van der Waals surface area contributed by atoms with Gasteiger partial charge in [0.2, 0.25) is 0 Å². The van der Waals surface area contributed by atoms with Crippen LogP contribution < -0.4 is 10.5 Å². The number of halogens is 1. The monoisotopic (exact) mass is 309 g/mol. The molecule has 0 heterocycles. The number of anilines is 1. The molecular formula is C17H24FNO3. The molecule has 1 saturated carbocycles. The molecule has 1 fully saturated rings. The number of carbonyl (C=O) groups excluding carboxylic acids is 1. The minimum absolute atomic E-state index is 0.00152. The summed E-state index contributed by atoms with van der Waals surface area (Å²) in [7, 11) is 0. The van der Waals surface area contributed by atoms with Gasteiger partial charge in [-0.3, -0.25) is 0 Å². The summed E-state index contributed by atoms with van der Waals surface area (Å²) >= 11 is 0. The summed E-state index contributed by atoms with van der Waals surface area (Å²) in [5, 5.41) is 0. The molecule has 1 aliphatic carbocycles. The van der Waals surface area contributed by atoms with E-state index in [1.165, 1.54) is 12.5 Å². The Morgan fingerprint density at radius 1 is 1.23 bits per heavy atom. The number of carbonyl (C=O) groups is 1. The predicted octanol–water partition coefficient (Wildman–Crippen LogP) is 4.07. The highest BCUT2D eigenvalue weighted by Gasteiger charge is 2.23. The fraction of sp³-hybridized carbons (Fsp3) is 0.588. The summed E-state index contributed by atoms with van der Waals surface area (Å²) < 4.78 is 25.0. The van der Waals surface area contributed by atoms with Crippen molar-refractivity contribution in [2.75, 3.05) is 5.73 Å². The Kier molecular flexibility index (Phi) is 4.94. The van der Waals surface area contributed by atoms with Crippen molar-refractivity contribution in [2.24, 2.45) is 0 Å². The molecule has 0 amide bonds. The SMILES string of the molecule is CC(C)(C)OC(=O)c1cc(OC2CCCCC2)c(F)cc1N. The molecule has 1 aromatic carbocycles. The minimum Gasteiger partial charge on any atom is -0.487 e. The van der Waals surface area contributed by atoms with E-state index in [1.54, 1.807) is 20.8 Å². The number of nitrogen functional groups attached to an aromatic ring is 1. The van der Waals surface area contributed by atoms with Crippen molar-refractivity contribution >= 4 is 11.7 Å². The molecule has 122 valence electrons. The Balaban J connectivity index is 2.20. The molecular weight excluding hydrogens is 285 g/mol. The van der Waals surface area contributed by atoms with E-state index in [0.717, 1.165) is 31.7 Å². The maximum absolute atomic E-state index is 14.0. The van der Waals surface area contributed by atoms with Crippen LogP contribution in [0.25, 0.3) is 0 Å². The number of ether oxygens (including phenoxy) is 2. The molecule has 0 spiro atoms. The molecule has 0 saturated heterocycles. The summed E-state index contributed by atoms with van der Waals surface area (Å²) in [6, 6.07) is 2.48. The molecule has 2 N–H and O–H groups in total. The Morgan fingerprint density at radius 2 is 1.86 bits per heavy atom. The van der Waals surface area contributed by atoms with Crippen LogP contribution in [0.4, 0.5) is 10.1 Å². The fourth-order valence-corrected chi connectivity index (χ4v) is 2.53. The van der Waals surface area contributed by atoms with E-state index in [-0.39, 0.29) is 23.1 Å². The summed E-state index contributed by atoms with van der Waals surface area (Å²) in [5.41, 5.74) is 5.31. The van der Waals surface area contributed by atoms with Crippen molar-refractivity contribution in [1.82, 2.24) is 0 Å². The van der Waals surface area contributed by atoms with Crippen molar-refractivity contribution in [3.63, 3.8) is 0 Å². The second-order valence-corrected chi connectivity index (χ2v) is 6.75. The summed E-state index contributed by atoms with van der Waals surface area (Å²) in [6.45, 7) is 5.30. The van der Waals surface area contributed by atoms with Gasteiger partial charge in [0.05, 0.1) is 11.7 Å². The number of hydrogen-bond donors (Lipinski definition) is 1. The fourth-order valence-electron chi connectivity index (χ4n) is 2.53. The van der Waals surface area contributed by atoms with Crippen LogP contribution in [-0.4, -0.2) is 17.7 Å². The largest absolute Gasteiger partial charge is 0.487 e. The van der Waals surface area contributed by atoms with E-state index >= 15 is 0 Å². The standard InChI is InChI=1S/C17H24FNO3/c1-17(2,3)22-16(20)12-9-15(13(18)10-14(12)19)21-11-7-5-4-6-8-11/h9-11H,4-8,19H2,1-3H3. The highest BCUT2D eigenvalue weighted by molar-refractivity contribution is 5.95. The molecule has 1 aliphatic rings. The molecule has 0 radical (unpaired) electrons. The summed E-state index contributed by atoms with van der Waals surface area (Å²) in [5.74, 6) is -1.05. The summed E-state index contributed by atoms with van der Waals surface area (Å²) in [6.07, 6.45) is 5.17. The van der Waals surface area contributed by atoms with E-state index < -0.39 is 17.4 Å². The third-order valence-corrected chi connectivity index (χ3v) is 3.57. The lowest BCUT2D eigenvalue weighted by molar-refractivity contribution is 0.00699. The van der Waals surface area contributed by atoms with Crippen LogP contribution in [-0.2, 0) is 4.74 Å². The van der Waals surface area contributed by atoms with E-state index in [2.05, 4.69) is 0 Å². The molecule has 0 atom stereocenters. The quantitative estimate of drug-likeness (QED) is 0.675. The first-order chi connectivity index (χ1) is 10.3. The lowest BCUT2D eigenvalue weighted by Crippen LogP contribution is -2.25. The van der Waals surface area contributed by atoms with E-state index in [0.29, 0.717) is 0 Å². The first-order valence-electron chi connectivity index (χ1n) is 7.75. The van der Waals surface area contributed by atoms with Gasteiger partial charge in [-0.2, -0.15) is 0 Å². The van der Waals surface area contributed by atoms with Gasteiger partial charge >= 0.3 is 5.97 Å². The molecule has 0 aromatic heterocycles. The van der Waals surface area contributed by atoms with Crippen LogP contribution >= 0.6 is 0 Å². The van der Waals surface area contributed by atoms with Crippen molar-refractivity contribution in [3.8, 4) is 5.75 Å². The topological polar surface area (TPSA) is 61.5 Å². The lowest BCUT2D eigenvalue weighted by Gasteiger charge is -2.24. The zero-order valence-electron chi connectivity index (χ0n) is 13.4. The highest BCUT2D eigenvalue weighted by Crippen LogP contribution is 2.29. The zero-order valence-corrected chi connectivity index (χ0v) is 13.4. The van der Waals surface area contributed by atoms with Gasteiger partial charge in [-0.1, -0.05) is 6.42 Å². The number of rotatable bonds is 3. The third kappa shape index (κ3) is 4.36. The minimum atomic E-state index is -0.637. The van der Waals surface area contributed by atoms with Crippen molar-refractivity contribution in [1.29, 1.82) is 0 Å². The number of nitrogens with two attached hydrogens (primary N) is 1. The van der Waals surface area contributed by atoms with Crippen LogP contribution in [0.1, 0.15) is 63.2 Å². The normalized spacial score (nSPS) is 16.4. The highest BCUT2D eigenvalue weighted by atomic mass is 19.1. The van der Waals surface area contributed by atoms with Gasteiger partial charge in [-0.05, 0) is 52.5 Å². The first kappa shape index (κ1) is 16.6. The smallest absolute Gasteiger partial charge is 0.340 e. The molecule has 5 heteroatoms. The second-order valence-electron chi connectivity index (χ2n) is 6.75. The maximum atomic E-state index is 14.0. The van der Waals surface area contributed by atoms with Crippen LogP contribution in [0.5, 0.6) is 5.75 Å². The van der Waals surface area contributed by atoms with Gasteiger partial charge in [0.15, 0.2) is 11.6 Å². The third-order valence-electron chi connectivity index (χ3n) is 3.57. The molecule has 0 aliphatic heterocycles. The number of hydrogen-bond acceptors (Lipinski definition) is 4. The number of benzene rings is 1. The molecule has 0 unspecified atom stereocenters. The van der Waals surface area contributed by atoms with Crippen LogP contribution in [0.15, 0.2) is 12.1 Å². The van der Waals surface area contributed by atoms with Crippen LogP contribution in [0.3, 0.4) is 0 Å². The Labute approximate surface area is 130 Å². The first-order valence-corrected chi connectivity index (χ1v) is 7.75. The predicted molar refractivity (Wildman–Crippen MR) is 83.5 cm³/mol. The Bertz CT molecular complexity index is 546. The second kappa shape index (κ2) is 6.55. The summed E-state index contributed by atoms with van der Waals surface area (Å²) in [4.78, 5) is 12.2. The van der Waals surface area contributed by atoms with E-state index in [4.69, 9.17) is 15.2 Å². The Morgan fingerprint density at radius 3 is 2.45 bits per heavy atom. The van der Waals surface area contributed by atoms with Crippen LogP contribution in [0.2, 0.25) is 0 Å². The van der Waals surface area contributed by atoms with Crippen molar-refractivity contribution in [3.05, 3.63) is 23.5 Å². The lowest BCUT2D eigenvalue weighted by atomic mass is 9.98. The van der Waals surface area contributed by atoms with Gasteiger partial charge in [0, 0.05) is 11.8 Å². The molecule has 4 nitrogen and oxygen atoms in total. The maximum Gasteiger partial charge on any atom is 0.340 e. The van der Waals surface area contributed by atoms with E-state index in [9.17, 15) is 9.18 Å². The van der Waals surface area contributed by atoms with E-state index in [1.807, 2.05) is 0 Å². The van der Waals surface area contributed by atoms with Crippen LogP contribution in [0, 0.1) is 5.82 Å². The molecule has 1 aromatic rings. The van der Waals surface area contributed by atoms with Gasteiger partial charge in [0.25, 0.3) is 0 Å². The van der Waals surface area contributed by atoms with Gasteiger partial charge in [-0.25, -0.2) is 9.18 Å². The molecule has 0 bridgehead atoms. The molecule has 2 rings (SSSR count). The van der Waals surface area contributed by atoms with Gasteiger partial charge in [-0.15, -0.1) is 0 Å².